The molecule has 1 atom stereocenters. The van der Waals surface area contributed by atoms with Crippen molar-refractivity contribution in [3.63, 3.8) is 0 Å². The molecule has 0 saturated carbocycles. The lowest BCUT2D eigenvalue weighted by atomic mass is 10.1. The maximum Gasteiger partial charge on any atom is 0.314 e. The molecule has 0 aliphatic rings. The van der Waals surface area contributed by atoms with Gasteiger partial charge in [-0.05, 0) is 32.4 Å². The molecule has 0 aliphatic heterocycles. The molecule has 1 N–H and O–H groups in total. The van der Waals surface area contributed by atoms with E-state index in [1.165, 1.54) is 4.80 Å². The number of tetrazole rings is 1. The van der Waals surface area contributed by atoms with Gasteiger partial charge in [0.2, 0.25) is 0 Å². The Labute approximate surface area is 88.3 Å². The molecule has 1 aromatic rings. The number of carboxylic acids is 1. The molecule has 0 amide bonds. The number of rotatable bonds is 3. The van der Waals surface area contributed by atoms with E-state index < -0.39 is 11.9 Å². The van der Waals surface area contributed by atoms with Crippen LogP contribution in [0.4, 0.5) is 0 Å². The van der Waals surface area contributed by atoms with E-state index in [4.69, 9.17) is 5.11 Å². The van der Waals surface area contributed by atoms with Crippen molar-refractivity contribution in [1.82, 2.24) is 20.2 Å². The van der Waals surface area contributed by atoms with Crippen molar-refractivity contribution < 1.29 is 9.90 Å². The fourth-order valence-electron chi connectivity index (χ4n) is 1.12. The first-order chi connectivity index (χ1) is 6.86. The van der Waals surface area contributed by atoms with Crippen molar-refractivity contribution in [1.29, 1.82) is 0 Å². The van der Waals surface area contributed by atoms with Crippen molar-refractivity contribution >= 4 is 5.97 Å². The van der Waals surface area contributed by atoms with E-state index in [1.54, 1.807) is 6.92 Å². The largest absolute Gasteiger partial charge is 0.481 e. The highest BCUT2D eigenvalue weighted by Gasteiger charge is 2.25. The summed E-state index contributed by atoms with van der Waals surface area (Å²) in [5.74, 6) is -1.30. The summed E-state index contributed by atoms with van der Waals surface area (Å²) in [4.78, 5) is 12.3. The molecule has 0 spiro atoms. The van der Waals surface area contributed by atoms with Crippen molar-refractivity contribution in [3.8, 4) is 0 Å². The van der Waals surface area contributed by atoms with Gasteiger partial charge in [-0.3, -0.25) is 4.79 Å². The zero-order chi connectivity index (χ0) is 11.6. The Morgan fingerprint density at radius 3 is 2.47 bits per heavy atom. The third kappa shape index (κ3) is 2.51. The van der Waals surface area contributed by atoms with Crippen LogP contribution in [0, 0.1) is 0 Å². The van der Waals surface area contributed by atoms with E-state index in [1.807, 2.05) is 20.8 Å². The fourth-order valence-corrected chi connectivity index (χ4v) is 1.12. The Bertz CT molecular complexity index is 353. The minimum Gasteiger partial charge on any atom is -0.481 e. The molecule has 84 valence electrons. The van der Waals surface area contributed by atoms with Crippen LogP contribution in [0.3, 0.4) is 0 Å². The minimum absolute atomic E-state index is 0.276. The normalized spacial score (nSPS) is 13.9. The highest BCUT2D eigenvalue weighted by atomic mass is 16.4. The molecule has 6 nitrogen and oxygen atoms in total. The van der Waals surface area contributed by atoms with Gasteiger partial charge in [0.15, 0.2) is 5.82 Å². The van der Waals surface area contributed by atoms with Gasteiger partial charge < -0.3 is 5.11 Å². The first-order valence-corrected chi connectivity index (χ1v) is 4.89. The summed E-state index contributed by atoms with van der Waals surface area (Å²) >= 11 is 0. The summed E-state index contributed by atoms with van der Waals surface area (Å²) in [5.41, 5.74) is -0.276. The zero-order valence-corrected chi connectivity index (χ0v) is 9.43. The molecule has 1 aromatic heterocycles. The maximum atomic E-state index is 10.9. The summed E-state index contributed by atoms with van der Waals surface area (Å²) < 4.78 is 0. The predicted molar refractivity (Wildman–Crippen MR) is 53.5 cm³/mol. The summed E-state index contributed by atoms with van der Waals surface area (Å²) in [5, 5.41) is 20.6. The summed E-state index contributed by atoms with van der Waals surface area (Å²) in [7, 11) is 0. The average Bonchev–Trinajstić information content (AvgIpc) is 2.52. The molecule has 0 fully saturated rings. The minimum atomic E-state index is -0.911. The lowest BCUT2D eigenvalue weighted by molar-refractivity contribution is -0.139. The molecule has 6 heteroatoms. The molecular weight excluding hydrogens is 196 g/mol. The first-order valence-electron chi connectivity index (χ1n) is 4.89. The van der Waals surface area contributed by atoms with Crippen LogP contribution in [0.1, 0.15) is 45.9 Å². The average molecular weight is 212 g/mol. The predicted octanol–water partition coefficient (Wildman–Crippen LogP) is 1.01. The summed E-state index contributed by atoms with van der Waals surface area (Å²) in [6.07, 6.45) is 0.463. The molecule has 0 radical (unpaired) electrons. The SMILES string of the molecule is CCC(C(=O)O)c1nnn(C(C)(C)C)n1. The lowest BCUT2D eigenvalue weighted by Crippen LogP contribution is -2.25. The highest BCUT2D eigenvalue weighted by molar-refractivity contribution is 5.74. The second-order valence-corrected chi connectivity index (χ2v) is 4.41. The lowest BCUT2D eigenvalue weighted by Gasteiger charge is -2.15. The van der Waals surface area contributed by atoms with E-state index in [-0.39, 0.29) is 11.4 Å². The number of carboxylic acid groups (broad SMARTS) is 1. The Balaban J connectivity index is 2.97. The van der Waals surface area contributed by atoms with Crippen LogP contribution < -0.4 is 0 Å². The van der Waals surface area contributed by atoms with Crippen LogP contribution in [0.5, 0.6) is 0 Å². The Morgan fingerprint density at radius 1 is 1.53 bits per heavy atom. The third-order valence-electron chi connectivity index (χ3n) is 2.05. The van der Waals surface area contributed by atoms with Gasteiger partial charge in [0.25, 0.3) is 0 Å². The second kappa shape index (κ2) is 3.96. The zero-order valence-electron chi connectivity index (χ0n) is 9.43. The smallest absolute Gasteiger partial charge is 0.314 e. The second-order valence-electron chi connectivity index (χ2n) is 4.41. The van der Waals surface area contributed by atoms with Gasteiger partial charge in [0, 0.05) is 0 Å². The maximum absolute atomic E-state index is 10.9. The number of aliphatic carboxylic acids is 1. The fraction of sp³-hybridized carbons (Fsp3) is 0.778. The van der Waals surface area contributed by atoms with E-state index in [9.17, 15) is 4.79 Å². The molecule has 1 unspecified atom stereocenters. The molecule has 15 heavy (non-hydrogen) atoms. The molecule has 0 aliphatic carbocycles. The number of hydrogen-bond donors (Lipinski definition) is 1. The topological polar surface area (TPSA) is 80.9 Å². The monoisotopic (exact) mass is 212 g/mol. The van der Waals surface area contributed by atoms with Gasteiger partial charge in [-0.25, -0.2) is 0 Å². The summed E-state index contributed by atoms with van der Waals surface area (Å²) in [6, 6.07) is 0. The number of aromatic nitrogens is 4. The molecular formula is C9H16N4O2. The van der Waals surface area contributed by atoms with Crippen LogP contribution >= 0.6 is 0 Å². The van der Waals surface area contributed by atoms with Crippen molar-refractivity contribution in [2.45, 2.75) is 45.6 Å². The van der Waals surface area contributed by atoms with Gasteiger partial charge in [0.05, 0.1) is 5.54 Å². The summed E-state index contributed by atoms with van der Waals surface area (Å²) in [6.45, 7) is 7.58. The van der Waals surface area contributed by atoms with E-state index >= 15 is 0 Å². The van der Waals surface area contributed by atoms with E-state index in [0.29, 0.717) is 6.42 Å². The van der Waals surface area contributed by atoms with Crippen LogP contribution in [-0.4, -0.2) is 31.3 Å². The van der Waals surface area contributed by atoms with Crippen LogP contribution in [-0.2, 0) is 10.3 Å². The number of hydrogen-bond acceptors (Lipinski definition) is 4. The van der Waals surface area contributed by atoms with Gasteiger partial charge in [-0.1, -0.05) is 6.92 Å². The quantitative estimate of drug-likeness (QED) is 0.808. The standard InChI is InChI=1S/C9H16N4O2/c1-5-6(8(14)15)7-10-12-13(11-7)9(2,3)4/h6H,5H2,1-4H3,(H,14,15). The molecule has 0 aromatic carbocycles. The van der Waals surface area contributed by atoms with Gasteiger partial charge in [0.1, 0.15) is 5.92 Å². The molecule has 1 heterocycles. The molecule has 0 bridgehead atoms. The first kappa shape index (κ1) is 11.6. The number of nitrogens with zero attached hydrogens (tertiary/aromatic N) is 4. The highest BCUT2D eigenvalue weighted by Crippen LogP contribution is 2.16. The number of carbonyl (C=O) groups is 1. The van der Waals surface area contributed by atoms with Gasteiger partial charge in [-0.2, -0.15) is 4.80 Å². The van der Waals surface area contributed by atoms with Crippen LogP contribution in [0.15, 0.2) is 0 Å². The Hall–Kier alpha value is -1.46. The van der Waals surface area contributed by atoms with E-state index in [0.717, 1.165) is 0 Å². The van der Waals surface area contributed by atoms with Crippen molar-refractivity contribution in [2.24, 2.45) is 0 Å². The van der Waals surface area contributed by atoms with Crippen molar-refractivity contribution in [2.75, 3.05) is 0 Å². The molecule has 0 saturated heterocycles. The van der Waals surface area contributed by atoms with Crippen LogP contribution in [0.2, 0.25) is 0 Å². The molecule has 1 rings (SSSR count). The van der Waals surface area contributed by atoms with Crippen molar-refractivity contribution in [3.05, 3.63) is 5.82 Å². The van der Waals surface area contributed by atoms with Gasteiger partial charge >= 0.3 is 5.97 Å². The van der Waals surface area contributed by atoms with Crippen LogP contribution in [0.25, 0.3) is 0 Å². The van der Waals surface area contributed by atoms with E-state index in [2.05, 4.69) is 15.4 Å². The Morgan fingerprint density at radius 2 is 2.13 bits per heavy atom. The van der Waals surface area contributed by atoms with Gasteiger partial charge in [-0.15, -0.1) is 10.2 Å². The Kier molecular flexibility index (Phi) is 3.06. The third-order valence-corrected chi connectivity index (χ3v) is 2.05.